The molecule has 0 aliphatic rings. The van der Waals surface area contributed by atoms with E-state index in [4.69, 9.17) is 4.74 Å². The standard InChI is InChI=1S/C24H33N5O2S/c1-2-3-4-5-10-15-29(24(30)31-20-13-8-6-9-14-20)16-11-7-12-17-32-23-21-22(26-18-25-21)27-19-28-23/h6,8-9,13-14,18-19H,2-5,7,10-12,15-17H2,1H3,(H,25,26,27,28). The van der Waals surface area contributed by atoms with Gasteiger partial charge in [0, 0.05) is 13.1 Å². The molecule has 7 nitrogen and oxygen atoms in total. The first kappa shape index (κ1) is 24.0. The summed E-state index contributed by atoms with van der Waals surface area (Å²) in [5.74, 6) is 1.56. The van der Waals surface area contributed by atoms with Gasteiger partial charge in [0.2, 0.25) is 0 Å². The molecule has 1 amide bonds. The summed E-state index contributed by atoms with van der Waals surface area (Å²) >= 11 is 1.70. The van der Waals surface area contributed by atoms with Crippen LogP contribution in [0.25, 0.3) is 11.2 Å². The van der Waals surface area contributed by atoms with Crippen molar-refractivity contribution in [2.75, 3.05) is 18.8 Å². The van der Waals surface area contributed by atoms with Crippen LogP contribution in [-0.4, -0.2) is 49.8 Å². The van der Waals surface area contributed by atoms with Crippen LogP contribution in [-0.2, 0) is 0 Å². The van der Waals surface area contributed by atoms with Gasteiger partial charge in [-0.25, -0.2) is 19.7 Å². The predicted molar refractivity (Wildman–Crippen MR) is 129 cm³/mol. The lowest BCUT2D eigenvalue weighted by Crippen LogP contribution is -2.35. The SMILES string of the molecule is CCCCCCCN(CCCCCSc1ncnc2[nH]cnc12)C(=O)Oc1ccccc1. The van der Waals surface area contributed by atoms with E-state index in [1.165, 1.54) is 19.3 Å². The van der Waals surface area contributed by atoms with Gasteiger partial charge in [0.25, 0.3) is 0 Å². The first-order valence-corrected chi connectivity index (χ1v) is 12.5. The summed E-state index contributed by atoms with van der Waals surface area (Å²) in [5, 5.41) is 0.913. The number of nitrogens with zero attached hydrogens (tertiary/aromatic N) is 4. The molecule has 0 aliphatic heterocycles. The molecule has 1 N–H and O–H groups in total. The number of hydrogen-bond acceptors (Lipinski definition) is 6. The van der Waals surface area contributed by atoms with Crippen molar-refractivity contribution in [2.45, 2.75) is 63.3 Å². The highest BCUT2D eigenvalue weighted by Crippen LogP contribution is 2.23. The number of rotatable bonds is 14. The molecule has 1 aromatic carbocycles. The van der Waals surface area contributed by atoms with Crippen molar-refractivity contribution in [3.05, 3.63) is 43.0 Å². The lowest BCUT2D eigenvalue weighted by molar-refractivity contribution is 0.150. The summed E-state index contributed by atoms with van der Waals surface area (Å²) in [7, 11) is 0. The van der Waals surface area contributed by atoms with Crippen LogP contribution in [0.1, 0.15) is 58.3 Å². The highest BCUT2D eigenvalue weighted by Gasteiger charge is 2.15. The van der Waals surface area contributed by atoms with E-state index >= 15 is 0 Å². The summed E-state index contributed by atoms with van der Waals surface area (Å²) in [5.41, 5.74) is 1.60. The molecule has 3 aromatic rings. The van der Waals surface area contributed by atoms with Gasteiger partial charge in [-0.15, -0.1) is 11.8 Å². The van der Waals surface area contributed by atoms with Crippen molar-refractivity contribution in [1.29, 1.82) is 0 Å². The number of amides is 1. The van der Waals surface area contributed by atoms with Gasteiger partial charge >= 0.3 is 6.09 Å². The maximum absolute atomic E-state index is 12.7. The molecule has 2 heterocycles. The number of imidazole rings is 1. The number of aromatic amines is 1. The normalized spacial score (nSPS) is 11.0. The van der Waals surface area contributed by atoms with E-state index in [2.05, 4.69) is 26.9 Å². The van der Waals surface area contributed by atoms with Crippen molar-refractivity contribution in [3.8, 4) is 5.75 Å². The molecule has 0 aliphatic carbocycles. The van der Waals surface area contributed by atoms with E-state index < -0.39 is 0 Å². The van der Waals surface area contributed by atoms with Crippen molar-refractivity contribution in [3.63, 3.8) is 0 Å². The van der Waals surface area contributed by atoms with Crippen LogP contribution in [0.15, 0.2) is 48.0 Å². The third-order valence-electron chi connectivity index (χ3n) is 5.23. The number of fused-ring (bicyclic) bond motifs is 1. The van der Waals surface area contributed by atoms with Gasteiger partial charge in [0.1, 0.15) is 22.6 Å². The van der Waals surface area contributed by atoms with Crippen LogP contribution < -0.4 is 4.74 Å². The Morgan fingerprint density at radius 2 is 1.72 bits per heavy atom. The van der Waals surface area contributed by atoms with E-state index in [0.29, 0.717) is 5.75 Å². The predicted octanol–water partition coefficient (Wildman–Crippen LogP) is 6.09. The maximum Gasteiger partial charge on any atom is 0.415 e. The fourth-order valence-electron chi connectivity index (χ4n) is 3.45. The van der Waals surface area contributed by atoms with E-state index in [9.17, 15) is 4.79 Å². The molecule has 8 heteroatoms. The number of nitrogens with one attached hydrogen (secondary N) is 1. The van der Waals surface area contributed by atoms with Crippen molar-refractivity contribution in [2.24, 2.45) is 0 Å². The highest BCUT2D eigenvalue weighted by molar-refractivity contribution is 7.99. The lowest BCUT2D eigenvalue weighted by atomic mass is 10.1. The Morgan fingerprint density at radius 1 is 0.969 bits per heavy atom. The monoisotopic (exact) mass is 455 g/mol. The molecule has 172 valence electrons. The lowest BCUT2D eigenvalue weighted by Gasteiger charge is -2.22. The van der Waals surface area contributed by atoms with E-state index in [1.54, 1.807) is 24.4 Å². The van der Waals surface area contributed by atoms with Crippen LogP contribution in [0.3, 0.4) is 0 Å². The number of unbranched alkanes of at least 4 members (excludes halogenated alkanes) is 6. The fourth-order valence-corrected chi connectivity index (χ4v) is 4.40. The van der Waals surface area contributed by atoms with Crippen molar-refractivity contribution < 1.29 is 9.53 Å². The zero-order valence-corrected chi connectivity index (χ0v) is 19.6. The maximum atomic E-state index is 12.7. The molecule has 0 radical (unpaired) electrons. The number of benzene rings is 1. The summed E-state index contributed by atoms with van der Waals surface area (Å²) in [6.45, 7) is 3.69. The Labute approximate surface area is 194 Å². The molecule has 32 heavy (non-hydrogen) atoms. The molecule has 0 spiro atoms. The Morgan fingerprint density at radius 3 is 2.50 bits per heavy atom. The fraction of sp³-hybridized carbons (Fsp3) is 0.500. The van der Waals surface area contributed by atoms with Gasteiger partial charge in [0.15, 0.2) is 5.65 Å². The third kappa shape index (κ3) is 7.82. The molecule has 3 rings (SSSR count). The number of hydrogen-bond donors (Lipinski definition) is 1. The third-order valence-corrected chi connectivity index (χ3v) is 6.30. The molecule has 0 saturated heterocycles. The summed E-state index contributed by atoms with van der Waals surface area (Å²) in [6.07, 6.45) is 11.9. The highest BCUT2D eigenvalue weighted by atomic mass is 32.2. The molecule has 0 atom stereocenters. The number of thioether (sulfide) groups is 1. The first-order valence-electron chi connectivity index (χ1n) is 11.6. The van der Waals surface area contributed by atoms with Gasteiger partial charge in [-0.2, -0.15) is 0 Å². The molecular formula is C24H33N5O2S. The molecule has 0 saturated carbocycles. The smallest absolute Gasteiger partial charge is 0.410 e. The second-order valence-electron chi connectivity index (χ2n) is 7.77. The minimum atomic E-state index is -0.247. The summed E-state index contributed by atoms with van der Waals surface area (Å²) in [4.78, 5) is 30.4. The van der Waals surface area contributed by atoms with Gasteiger partial charge in [0.05, 0.1) is 6.33 Å². The van der Waals surface area contributed by atoms with Crippen molar-refractivity contribution in [1.82, 2.24) is 24.8 Å². The number of ether oxygens (including phenoxy) is 1. The van der Waals surface area contributed by atoms with Crippen LogP contribution >= 0.6 is 11.8 Å². The van der Waals surface area contributed by atoms with Crippen molar-refractivity contribution >= 4 is 29.0 Å². The zero-order valence-electron chi connectivity index (χ0n) is 18.8. The Bertz CT molecular complexity index is 934. The Balaban J connectivity index is 1.40. The number of para-hydroxylation sites is 1. The number of carbonyl (C=O) groups is 1. The molecule has 0 bridgehead atoms. The second-order valence-corrected chi connectivity index (χ2v) is 8.85. The molecule has 0 fully saturated rings. The second kappa shape index (κ2) is 13.7. The Kier molecular flexibility index (Phi) is 10.3. The zero-order chi connectivity index (χ0) is 22.4. The van der Waals surface area contributed by atoms with Crippen LogP contribution in [0.2, 0.25) is 0 Å². The number of H-pyrrole nitrogens is 1. The van der Waals surface area contributed by atoms with Gasteiger partial charge in [-0.1, -0.05) is 57.2 Å². The van der Waals surface area contributed by atoms with E-state index in [0.717, 1.165) is 67.1 Å². The van der Waals surface area contributed by atoms with Crippen LogP contribution in [0, 0.1) is 0 Å². The molecule has 0 unspecified atom stereocenters. The Hall–Kier alpha value is -2.61. The largest absolute Gasteiger partial charge is 0.415 e. The summed E-state index contributed by atoms with van der Waals surface area (Å²) < 4.78 is 5.58. The van der Waals surface area contributed by atoms with Gasteiger partial charge in [-0.05, 0) is 37.1 Å². The molecular weight excluding hydrogens is 422 g/mol. The summed E-state index contributed by atoms with van der Waals surface area (Å²) in [6, 6.07) is 9.31. The van der Waals surface area contributed by atoms with Gasteiger partial charge < -0.3 is 14.6 Å². The van der Waals surface area contributed by atoms with Crippen LogP contribution in [0.4, 0.5) is 4.79 Å². The quantitative estimate of drug-likeness (QED) is 0.180. The van der Waals surface area contributed by atoms with E-state index in [1.807, 2.05) is 35.2 Å². The number of aromatic nitrogens is 4. The van der Waals surface area contributed by atoms with Crippen LogP contribution in [0.5, 0.6) is 5.75 Å². The average Bonchev–Trinajstić information content (AvgIpc) is 3.30. The minimum Gasteiger partial charge on any atom is -0.410 e. The minimum absolute atomic E-state index is 0.247. The average molecular weight is 456 g/mol. The topological polar surface area (TPSA) is 84.0 Å². The number of carbonyl (C=O) groups excluding carboxylic acids is 1. The first-order chi connectivity index (χ1) is 15.8. The van der Waals surface area contributed by atoms with Gasteiger partial charge in [-0.3, -0.25) is 0 Å². The van der Waals surface area contributed by atoms with E-state index in [-0.39, 0.29) is 6.09 Å². The molecule has 2 aromatic heterocycles.